The molecule has 0 saturated carbocycles. The minimum absolute atomic E-state index is 0.0343. The number of aryl methyl sites for hydroxylation is 1. The Morgan fingerprint density at radius 1 is 1.08 bits per heavy atom. The van der Waals surface area contributed by atoms with E-state index in [0.717, 1.165) is 5.69 Å². The monoisotopic (exact) mass is 356 g/mol. The molecule has 1 aliphatic rings. The second kappa shape index (κ2) is 8.05. The van der Waals surface area contributed by atoms with Gasteiger partial charge in [-0.15, -0.1) is 0 Å². The van der Waals surface area contributed by atoms with Gasteiger partial charge in [-0.3, -0.25) is 19.5 Å². The molecule has 7 heteroatoms. The number of hydrogen-bond donors (Lipinski definition) is 1. The summed E-state index contributed by atoms with van der Waals surface area (Å²) < 4.78 is 12.9. The normalized spacial score (nSPS) is 14.9. The van der Waals surface area contributed by atoms with Crippen molar-refractivity contribution in [3.63, 3.8) is 0 Å². The highest BCUT2D eigenvalue weighted by molar-refractivity contribution is 5.94. The predicted molar refractivity (Wildman–Crippen MR) is 96.3 cm³/mol. The van der Waals surface area contributed by atoms with Crippen molar-refractivity contribution < 1.29 is 14.0 Å². The zero-order valence-electron chi connectivity index (χ0n) is 14.6. The zero-order valence-corrected chi connectivity index (χ0v) is 14.6. The van der Waals surface area contributed by atoms with Crippen LogP contribution in [0.4, 0.5) is 10.1 Å². The van der Waals surface area contributed by atoms with E-state index in [1.54, 1.807) is 17.2 Å². The van der Waals surface area contributed by atoms with Crippen molar-refractivity contribution in [3.8, 4) is 0 Å². The first kappa shape index (κ1) is 18.0. The lowest BCUT2D eigenvalue weighted by atomic mass is 10.2. The molecule has 1 saturated heterocycles. The summed E-state index contributed by atoms with van der Waals surface area (Å²) in [7, 11) is 0. The van der Waals surface area contributed by atoms with Gasteiger partial charge in [0.25, 0.3) is 5.91 Å². The summed E-state index contributed by atoms with van der Waals surface area (Å²) in [5.74, 6) is -0.528. The highest BCUT2D eigenvalue weighted by Crippen LogP contribution is 2.10. The number of anilines is 1. The smallest absolute Gasteiger partial charge is 0.255 e. The Morgan fingerprint density at radius 3 is 2.38 bits per heavy atom. The molecule has 26 heavy (non-hydrogen) atoms. The van der Waals surface area contributed by atoms with Crippen LogP contribution in [0.2, 0.25) is 0 Å². The van der Waals surface area contributed by atoms with Crippen LogP contribution in [0.15, 0.2) is 42.6 Å². The van der Waals surface area contributed by atoms with Gasteiger partial charge in [0, 0.05) is 43.8 Å². The van der Waals surface area contributed by atoms with Gasteiger partial charge in [-0.25, -0.2) is 4.39 Å². The molecule has 136 valence electrons. The van der Waals surface area contributed by atoms with E-state index in [9.17, 15) is 14.0 Å². The van der Waals surface area contributed by atoms with Crippen molar-refractivity contribution >= 4 is 17.5 Å². The van der Waals surface area contributed by atoms with Gasteiger partial charge in [-0.05, 0) is 43.3 Å². The van der Waals surface area contributed by atoms with Crippen molar-refractivity contribution in [2.45, 2.75) is 6.92 Å². The molecule has 0 spiro atoms. The molecule has 1 aromatic heterocycles. The Hall–Kier alpha value is -2.80. The second-order valence-corrected chi connectivity index (χ2v) is 6.31. The van der Waals surface area contributed by atoms with Gasteiger partial charge in [0.15, 0.2) is 0 Å². The molecule has 1 aliphatic heterocycles. The summed E-state index contributed by atoms with van der Waals surface area (Å²) in [6.07, 6.45) is 1.60. The number of piperazine rings is 1. The molecule has 0 unspecified atom stereocenters. The van der Waals surface area contributed by atoms with Gasteiger partial charge in [-0.2, -0.15) is 0 Å². The van der Waals surface area contributed by atoms with Crippen molar-refractivity contribution in [3.05, 3.63) is 59.7 Å². The number of amides is 2. The third-order valence-electron chi connectivity index (χ3n) is 4.31. The van der Waals surface area contributed by atoms with Gasteiger partial charge >= 0.3 is 0 Å². The van der Waals surface area contributed by atoms with Crippen LogP contribution in [0.1, 0.15) is 16.1 Å². The van der Waals surface area contributed by atoms with Crippen LogP contribution in [-0.2, 0) is 4.79 Å². The molecular formula is C19H21FN4O2. The SMILES string of the molecule is Cc1ccc(C(=O)N2CCN(CC(=O)Nc3ccc(F)cc3)CC2)cn1. The number of nitrogens with zero attached hydrogens (tertiary/aromatic N) is 3. The lowest BCUT2D eigenvalue weighted by Gasteiger charge is -2.34. The summed E-state index contributed by atoms with van der Waals surface area (Å²) in [6.45, 7) is 4.51. The molecule has 0 atom stereocenters. The molecule has 1 N–H and O–H groups in total. The first-order chi connectivity index (χ1) is 12.5. The lowest BCUT2D eigenvalue weighted by Crippen LogP contribution is -2.50. The molecule has 0 radical (unpaired) electrons. The minimum Gasteiger partial charge on any atom is -0.336 e. The van der Waals surface area contributed by atoms with E-state index in [1.807, 2.05) is 17.9 Å². The summed E-state index contributed by atoms with van der Waals surface area (Å²) in [6, 6.07) is 9.27. The maximum Gasteiger partial charge on any atom is 0.255 e. The quantitative estimate of drug-likeness (QED) is 0.909. The zero-order chi connectivity index (χ0) is 18.5. The van der Waals surface area contributed by atoms with E-state index in [0.29, 0.717) is 37.4 Å². The number of carbonyl (C=O) groups is 2. The summed E-state index contributed by atoms with van der Waals surface area (Å²) in [5, 5.41) is 2.75. The van der Waals surface area contributed by atoms with Crippen LogP contribution in [0.5, 0.6) is 0 Å². The van der Waals surface area contributed by atoms with Gasteiger partial charge in [0.2, 0.25) is 5.91 Å². The summed E-state index contributed by atoms with van der Waals surface area (Å²) in [4.78, 5) is 32.5. The highest BCUT2D eigenvalue weighted by atomic mass is 19.1. The first-order valence-electron chi connectivity index (χ1n) is 8.51. The summed E-state index contributed by atoms with van der Waals surface area (Å²) in [5.41, 5.74) is 2.02. The predicted octanol–water partition coefficient (Wildman–Crippen LogP) is 1.93. The first-order valence-corrected chi connectivity index (χ1v) is 8.51. The topological polar surface area (TPSA) is 65.5 Å². The molecule has 0 aliphatic carbocycles. The Kier molecular flexibility index (Phi) is 5.58. The molecule has 1 aromatic carbocycles. The third kappa shape index (κ3) is 4.64. The molecule has 1 fully saturated rings. The van der Waals surface area contributed by atoms with Crippen molar-refractivity contribution in [2.75, 3.05) is 38.0 Å². The van der Waals surface area contributed by atoms with Crippen LogP contribution in [0, 0.1) is 12.7 Å². The fraction of sp³-hybridized carbons (Fsp3) is 0.316. The van der Waals surface area contributed by atoms with Crippen LogP contribution in [0.3, 0.4) is 0 Å². The molecule has 6 nitrogen and oxygen atoms in total. The Morgan fingerprint density at radius 2 is 1.77 bits per heavy atom. The van der Waals surface area contributed by atoms with E-state index in [1.165, 1.54) is 24.3 Å². The van der Waals surface area contributed by atoms with Crippen LogP contribution >= 0.6 is 0 Å². The van der Waals surface area contributed by atoms with Crippen LogP contribution < -0.4 is 5.32 Å². The van der Waals surface area contributed by atoms with Crippen molar-refractivity contribution in [2.24, 2.45) is 0 Å². The molecular weight excluding hydrogens is 335 g/mol. The van der Waals surface area contributed by atoms with Crippen molar-refractivity contribution in [1.82, 2.24) is 14.8 Å². The van der Waals surface area contributed by atoms with E-state index in [-0.39, 0.29) is 24.2 Å². The fourth-order valence-corrected chi connectivity index (χ4v) is 2.82. The standard InChI is InChI=1S/C19H21FN4O2/c1-14-2-3-15(12-21-14)19(26)24-10-8-23(9-11-24)13-18(25)22-17-6-4-16(20)5-7-17/h2-7,12H,8-11,13H2,1H3,(H,22,25). The Balaban J connectivity index is 1.47. The van der Waals surface area contributed by atoms with Crippen LogP contribution in [-0.4, -0.2) is 59.3 Å². The van der Waals surface area contributed by atoms with E-state index < -0.39 is 0 Å². The number of carbonyl (C=O) groups excluding carboxylic acids is 2. The molecule has 0 bridgehead atoms. The highest BCUT2D eigenvalue weighted by Gasteiger charge is 2.23. The number of nitrogens with one attached hydrogen (secondary N) is 1. The van der Waals surface area contributed by atoms with E-state index in [4.69, 9.17) is 0 Å². The van der Waals surface area contributed by atoms with Gasteiger partial charge < -0.3 is 10.2 Å². The second-order valence-electron chi connectivity index (χ2n) is 6.31. The number of halogens is 1. The van der Waals surface area contributed by atoms with Gasteiger partial charge in [-0.1, -0.05) is 0 Å². The minimum atomic E-state index is -0.340. The van der Waals surface area contributed by atoms with Crippen molar-refractivity contribution in [1.29, 1.82) is 0 Å². The largest absolute Gasteiger partial charge is 0.336 e. The fourth-order valence-electron chi connectivity index (χ4n) is 2.82. The Bertz CT molecular complexity index is 769. The lowest BCUT2D eigenvalue weighted by molar-refractivity contribution is -0.117. The molecule has 2 amide bonds. The number of hydrogen-bond acceptors (Lipinski definition) is 4. The number of benzene rings is 1. The summed E-state index contributed by atoms with van der Waals surface area (Å²) >= 11 is 0. The van der Waals surface area contributed by atoms with Crippen LogP contribution in [0.25, 0.3) is 0 Å². The third-order valence-corrected chi connectivity index (χ3v) is 4.31. The number of rotatable bonds is 4. The molecule has 2 aromatic rings. The average molecular weight is 356 g/mol. The molecule has 2 heterocycles. The van der Waals surface area contributed by atoms with Gasteiger partial charge in [0.1, 0.15) is 5.82 Å². The average Bonchev–Trinajstić information content (AvgIpc) is 2.64. The van der Waals surface area contributed by atoms with E-state index in [2.05, 4.69) is 10.3 Å². The Labute approximate surface area is 151 Å². The van der Waals surface area contributed by atoms with E-state index >= 15 is 0 Å². The molecule has 3 rings (SSSR count). The maximum atomic E-state index is 12.9. The maximum absolute atomic E-state index is 12.9. The van der Waals surface area contributed by atoms with Gasteiger partial charge in [0.05, 0.1) is 12.1 Å². The number of pyridine rings is 1. The number of aromatic nitrogens is 1.